The Kier molecular flexibility index (Phi) is 10.3. The molecule has 0 bridgehead atoms. The van der Waals surface area contributed by atoms with E-state index >= 15 is 0 Å². The van der Waals surface area contributed by atoms with Crippen molar-refractivity contribution >= 4 is 35.6 Å². The lowest BCUT2D eigenvalue weighted by Crippen LogP contribution is -1.99. The number of benzene rings is 2. The molecule has 22 heavy (non-hydrogen) atoms. The molecule has 0 saturated carbocycles. The van der Waals surface area contributed by atoms with Crippen LogP contribution in [0.25, 0.3) is 0 Å². The van der Waals surface area contributed by atoms with Gasteiger partial charge in [0, 0.05) is 21.4 Å². The number of carbonyl (C=O) groups excluding carboxylic acids is 1. The third-order valence-electron chi connectivity index (χ3n) is 2.14. The maximum absolute atomic E-state index is 10.8. The Morgan fingerprint density at radius 2 is 1.27 bits per heavy atom. The molecule has 0 aromatic heterocycles. The Hall–Kier alpha value is -1.56. The molecule has 0 aliphatic heterocycles. The van der Waals surface area contributed by atoms with Crippen LogP contribution in [0.15, 0.2) is 60.7 Å². The van der Waals surface area contributed by atoms with Gasteiger partial charge in [0.25, 0.3) is 0 Å². The zero-order chi connectivity index (χ0) is 17.0. The second kappa shape index (κ2) is 11.1. The van der Waals surface area contributed by atoms with Gasteiger partial charge < -0.3 is 4.74 Å². The van der Waals surface area contributed by atoms with Gasteiger partial charge in [-0.1, -0.05) is 54.1 Å². The zero-order valence-corrected chi connectivity index (χ0v) is 14.4. The average Bonchev–Trinajstić information content (AvgIpc) is 2.47. The van der Waals surface area contributed by atoms with Crippen LogP contribution < -0.4 is 0 Å². The van der Waals surface area contributed by atoms with E-state index in [-0.39, 0.29) is 5.97 Å². The van der Waals surface area contributed by atoms with Crippen molar-refractivity contribution in [1.82, 2.24) is 0 Å². The van der Waals surface area contributed by atoms with Crippen LogP contribution in [-0.4, -0.2) is 21.5 Å². The zero-order valence-electron chi connectivity index (χ0n) is 12.1. The number of halogens is 2. The minimum atomic E-state index is -3.72. The van der Waals surface area contributed by atoms with Gasteiger partial charge in [-0.05, 0) is 19.1 Å². The van der Waals surface area contributed by atoms with Crippen LogP contribution in [-0.2, 0) is 13.0 Å². The van der Waals surface area contributed by atoms with Gasteiger partial charge in [-0.3, -0.25) is 0 Å². The quantitative estimate of drug-likeness (QED) is 0.563. The van der Waals surface area contributed by atoms with Crippen LogP contribution in [0.4, 0.5) is 0 Å². The van der Waals surface area contributed by atoms with E-state index in [2.05, 4.69) is 45.2 Å². The summed E-state index contributed by atoms with van der Waals surface area (Å²) in [5.74, 6) is -0.291. The van der Waals surface area contributed by atoms with Crippen molar-refractivity contribution < 1.29 is 17.9 Å². The first kappa shape index (κ1) is 20.4. The van der Waals surface area contributed by atoms with E-state index in [1.54, 1.807) is 24.3 Å². The summed E-state index contributed by atoms with van der Waals surface area (Å²) in [6.45, 7) is 2.08. The molecule has 0 amide bonds. The van der Waals surface area contributed by atoms with Gasteiger partial charge in [0.2, 0.25) is 0 Å². The van der Waals surface area contributed by atoms with Crippen LogP contribution in [0.2, 0.25) is 0 Å². The molecular formula is C15H16Cl2O4S. The molecule has 2 aromatic carbocycles. The monoisotopic (exact) mass is 362 g/mol. The summed E-state index contributed by atoms with van der Waals surface area (Å²) in [6, 6.07) is 19.1. The first-order chi connectivity index (χ1) is 10.2. The summed E-state index contributed by atoms with van der Waals surface area (Å²) in [6.07, 6.45) is 0. The SMILES string of the molecule is COC(=O)c1ccccc1.Cc1ccccc1.O=S(=O)(Cl)Cl. The highest BCUT2D eigenvalue weighted by Crippen LogP contribution is 1.99. The topological polar surface area (TPSA) is 60.4 Å². The molecule has 0 spiro atoms. The Balaban J connectivity index is 0.000000322. The molecular weight excluding hydrogens is 347 g/mol. The molecule has 0 saturated heterocycles. The smallest absolute Gasteiger partial charge is 0.337 e. The molecule has 7 heteroatoms. The van der Waals surface area contributed by atoms with Crippen molar-refractivity contribution in [2.75, 3.05) is 7.11 Å². The second-order valence-electron chi connectivity index (χ2n) is 3.89. The van der Waals surface area contributed by atoms with E-state index in [9.17, 15) is 4.79 Å². The predicted octanol–water partition coefficient (Wildman–Crippen LogP) is 4.18. The molecule has 2 rings (SSSR count). The van der Waals surface area contributed by atoms with Crippen LogP contribution in [0.1, 0.15) is 15.9 Å². The lowest BCUT2D eigenvalue weighted by molar-refractivity contribution is 0.0600. The van der Waals surface area contributed by atoms with Gasteiger partial charge >= 0.3 is 14.2 Å². The summed E-state index contributed by atoms with van der Waals surface area (Å²) in [5.41, 5.74) is 1.91. The third-order valence-corrected chi connectivity index (χ3v) is 2.14. The van der Waals surface area contributed by atoms with Crippen molar-refractivity contribution in [1.29, 1.82) is 0 Å². The molecule has 0 atom stereocenters. The van der Waals surface area contributed by atoms with Gasteiger partial charge in [0.15, 0.2) is 0 Å². The lowest BCUT2D eigenvalue weighted by atomic mass is 10.2. The minimum Gasteiger partial charge on any atom is -0.465 e. The summed E-state index contributed by atoms with van der Waals surface area (Å²) >= 11 is 0. The van der Waals surface area contributed by atoms with E-state index in [0.717, 1.165) is 0 Å². The van der Waals surface area contributed by atoms with E-state index in [1.165, 1.54) is 12.7 Å². The Bertz CT molecular complexity index is 636. The van der Waals surface area contributed by atoms with Crippen LogP contribution in [0.5, 0.6) is 0 Å². The van der Waals surface area contributed by atoms with Crippen molar-refractivity contribution in [3.05, 3.63) is 71.8 Å². The van der Waals surface area contributed by atoms with Crippen LogP contribution in [0, 0.1) is 6.92 Å². The molecule has 0 aliphatic rings. The molecule has 0 N–H and O–H groups in total. The molecule has 0 radical (unpaired) electrons. The van der Waals surface area contributed by atoms with Crippen molar-refractivity contribution in [2.24, 2.45) is 0 Å². The summed E-state index contributed by atoms with van der Waals surface area (Å²) in [7, 11) is 6.18. The highest BCUT2D eigenvalue weighted by atomic mass is 36.0. The molecule has 120 valence electrons. The molecule has 0 heterocycles. The number of hydrogen-bond donors (Lipinski definition) is 0. The number of carbonyl (C=O) groups is 1. The normalized spacial score (nSPS) is 9.45. The lowest BCUT2D eigenvalue weighted by Gasteiger charge is -1.95. The minimum absolute atomic E-state index is 0.291. The summed E-state index contributed by atoms with van der Waals surface area (Å²) in [4.78, 5) is 10.8. The Morgan fingerprint density at radius 3 is 1.55 bits per heavy atom. The first-order valence-corrected chi connectivity index (χ1v) is 9.17. The van der Waals surface area contributed by atoms with Crippen molar-refractivity contribution in [3.8, 4) is 0 Å². The molecule has 2 aromatic rings. The summed E-state index contributed by atoms with van der Waals surface area (Å²) < 4.78 is 22.8. The van der Waals surface area contributed by atoms with E-state index in [0.29, 0.717) is 5.56 Å². The molecule has 0 fully saturated rings. The van der Waals surface area contributed by atoms with E-state index in [1.807, 2.05) is 24.3 Å². The van der Waals surface area contributed by atoms with Gasteiger partial charge in [0.05, 0.1) is 12.7 Å². The Labute approximate surface area is 139 Å². The fraction of sp³-hybridized carbons (Fsp3) is 0.133. The maximum Gasteiger partial charge on any atom is 0.337 e. The number of methoxy groups -OCH3 is 1. The summed E-state index contributed by atoms with van der Waals surface area (Å²) in [5, 5.41) is 0. The van der Waals surface area contributed by atoms with Crippen LogP contribution >= 0.6 is 21.4 Å². The fourth-order valence-corrected chi connectivity index (χ4v) is 1.23. The maximum atomic E-state index is 10.8. The largest absolute Gasteiger partial charge is 0.465 e. The molecule has 4 nitrogen and oxygen atoms in total. The van der Waals surface area contributed by atoms with E-state index in [4.69, 9.17) is 8.42 Å². The fourth-order valence-electron chi connectivity index (χ4n) is 1.23. The van der Waals surface area contributed by atoms with Gasteiger partial charge in [-0.2, -0.15) is 8.42 Å². The number of esters is 1. The first-order valence-electron chi connectivity index (χ1n) is 6.03. The Morgan fingerprint density at radius 1 is 0.909 bits per heavy atom. The third kappa shape index (κ3) is 13.4. The predicted molar refractivity (Wildman–Crippen MR) is 89.6 cm³/mol. The highest BCUT2D eigenvalue weighted by molar-refractivity contribution is 8.31. The number of hydrogen-bond acceptors (Lipinski definition) is 4. The number of aryl methyl sites for hydroxylation is 1. The van der Waals surface area contributed by atoms with Crippen molar-refractivity contribution in [2.45, 2.75) is 6.92 Å². The van der Waals surface area contributed by atoms with Crippen LogP contribution in [0.3, 0.4) is 0 Å². The van der Waals surface area contributed by atoms with Crippen molar-refractivity contribution in [3.63, 3.8) is 0 Å². The highest BCUT2D eigenvalue weighted by Gasteiger charge is 2.00. The van der Waals surface area contributed by atoms with Gasteiger partial charge in [0.1, 0.15) is 0 Å². The van der Waals surface area contributed by atoms with Gasteiger partial charge in [-0.25, -0.2) is 4.79 Å². The average molecular weight is 363 g/mol. The molecule has 0 unspecified atom stereocenters. The number of rotatable bonds is 1. The molecule has 0 aliphatic carbocycles. The van der Waals surface area contributed by atoms with E-state index < -0.39 is 8.26 Å². The second-order valence-corrected chi connectivity index (χ2v) is 7.56. The standard InChI is InChI=1S/C8H8O2.C7H8.Cl2O2S/c1-10-8(9)7-5-3-2-4-6-7;1-7-5-3-2-4-6-7;1-5(2,3)4/h2-6H,1H3;2-6H,1H3;. The van der Waals surface area contributed by atoms with Gasteiger partial charge in [-0.15, -0.1) is 0 Å². The number of ether oxygens (including phenoxy) is 1.